The molecule has 0 aliphatic heterocycles. The Labute approximate surface area is 135 Å². The summed E-state index contributed by atoms with van der Waals surface area (Å²) >= 11 is 10.9. The van der Waals surface area contributed by atoms with Gasteiger partial charge < -0.3 is 4.74 Å². The van der Waals surface area contributed by atoms with Gasteiger partial charge in [-0.2, -0.15) is 0 Å². The van der Waals surface area contributed by atoms with Crippen molar-refractivity contribution in [2.75, 3.05) is 17.8 Å². The molecule has 0 aliphatic rings. The first-order valence-corrected chi connectivity index (χ1v) is 9.08. The molecule has 0 aromatic heterocycles. The second-order valence-corrected chi connectivity index (χ2v) is 6.64. The second-order valence-electron chi connectivity index (χ2n) is 4.66. The molecule has 0 atom stereocenters. The first-order valence-electron chi connectivity index (χ1n) is 6.05. The van der Waals surface area contributed by atoms with E-state index in [4.69, 9.17) is 4.74 Å². The Morgan fingerprint density at radius 2 is 1.89 bits per heavy atom. The molecule has 0 saturated carbocycles. The summed E-state index contributed by atoms with van der Waals surface area (Å²) in [6, 6.07) is 6.34. The van der Waals surface area contributed by atoms with Gasteiger partial charge in [0.1, 0.15) is 5.75 Å². The van der Waals surface area contributed by atoms with E-state index < -0.39 is 0 Å². The fraction of sp³-hybridized carbons (Fsp3) is 0.571. The summed E-state index contributed by atoms with van der Waals surface area (Å²) in [5, 5.41) is 2.03. The highest BCUT2D eigenvalue weighted by Gasteiger charge is 2.27. The molecule has 0 saturated heterocycles. The lowest BCUT2D eigenvalue weighted by molar-refractivity contribution is 0.351. The molecule has 0 unspecified atom stereocenters. The van der Waals surface area contributed by atoms with Crippen molar-refractivity contribution < 1.29 is 4.74 Å². The standard InChI is InChI=1S/C14H19Br3O/c1-3-6-14(9-15,10-16)8-11-4-5-13(18-2)12(17)7-11/h4-5,7H,3,6,8-10H2,1-2H3. The zero-order valence-electron chi connectivity index (χ0n) is 10.8. The van der Waals surface area contributed by atoms with Crippen LogP contribution in [0, 0.1) is 5.41 Å². The molecule has 0 heterocycles. The van der Waals surface area contributed by atoms with Gasteiger partial charge in [-0.15, -0.1) is 0 Å². The Hall–Kier alpha value is 0.460. The monoisotopic (exact) mass is 440 g/mol. The van der Waals surface area contributed by atoms with Gasteiger partial charge in [0.05, 0.1) is 11.6 Å². The first-order chi connectivity index (χ1) is 8.60. The van der Waals surface area contributed by atoms with Gasteiger partial charge in [0.15, 0.2) is 0 Å². The predicted molar refractivity (Wildman–Crippen MR) is 89.3 cm³/mol. The van der Waals surface area contributed by atoms with Crippen LogP contribution in [0.1, 0.15) is 25.3 Å². The highest BCUT2D eigenvalue weighted by Crippen LogP contribution is 2.35. The lowest BCUT2D eigenvalue weighted by Crippen LogP contribution is -2.27. The van der Waals surface area contributed by atoms with Gasteiger partial charge in [-0.25, -0.2) is 0 Å². The summed E-state index contributed by atoms with van der Waals surface area (Å²) in [5.41, 5.74) is 1.64. The third kappa shape index (κ3) is 4.24. The number of hydrogen-bond donors (Lipinski definition) is 0. The molecule has 0 radical (unpaired) electrons. The van der Waals surface area contributed by atoms with Crippen molar-refractivity contribution in [2.24, 2.45) is 5.41 Å². The van der Waals surface area contributed by atoms with Gasteiger partial charge in [-0.3, -0.25) is 0 Å². The minimum Gasteiger partial charge on any atom is -0.496 e. The number of halogens is 3. The Morgan fingerprint density at radius 1 is 1.22 bits per heavy atom. The van der Waals surface area contributed by atoms with Crippen molar-refractivity contribution in [1.82, 2.24) is 0 Å². The largest absolute Gasteiger partial charge is 0.496 e. The van der Waals surface area contributed by atoms with Crippen LogP contribution in [0.3, 0.4) is 0 Å². The van der Waals surface area contributed by atoms with Gasteiger partial charge in [-0.1, -0.05) is 51.3 Å². The van der Waals surface area contributed by atoms with Crippen LogP contribution in [-0.4, -0.2) is 17.8 Å². The quantitative estimate of drug-likeness (QED) is 0.501. The number of benzene rings is 1. The fourth-order valence-electron chi connectivity index (χ4n) is 2.14. The minimum atomic E-state index is 0.294. The van der Waals surface area contributed by atoms with Crippen LogP contribution >= 0.6 is 47.8 Å². The van der Waals surface area contributed by atoms with E-state index >= 15 is 0 Å². The molecular weight excluding hydrogens is 424 g/mol. The summed E-state index contributed by atoms with van der Waals surface area (Å²) in [4.78, 5) is 0. The van der Waals surface area contributed by atoms with Crippen molar-refractivity contribution in [2.45, 2.75) is 26.2 Å². The molecule has 0 aliphatic carbocycles. The Kier molecular flexibility index (Phi) is 7.25. The summed E-state index contributed by atoms with van der Waals surface area (Å²) in [7, 11) is 1.69. The summed E-state index contributed by atoms with van der Waals surface area (Å²) in [5.74, 6) is 0.887. The van der Waals surface area contributed by atoms with E-state index in [1.54, 1.807) is 7.11 Å². The lowest BCUT2D eigenvalue weighted by atomic mass is 9.82. The Morgan fingerprint density at radius 3 is 2.33 bits per heavy atom. The molecule has 0 bridgehead atoms. The molecule has 0 fully saturated rings. The van der Waals surface area contributed by atoms with Crippen LogP contribution in [0.2, 0.25) is 0 Å². The molecule has 0 spiro atoms. The van der Waals surface area contributed by atoms with E-state index in [-0.39, 0.29) is 0 Å². The molecule has 0 amide bonds. The van der Waals surface area contributed by atoms with Crippen LogP contribution < -0.4 is 4.74 Å². The highest BCUT2D eigenvalue weighted by molar-refractivity contribution is 9.10. The topological polar surface area (TPSA) is 9.23 Å². The summed E-state index contributed by atoms with van der Waals surface area (Å²) < 4.78 is 6.29. The van der Waals surface area contributed by atoms with Crippen molar-refractivity contribution in [3.05, 3.63) is 28.2 Å². The van der Waals surface area contributed by atoms with Crippen LogP contribution in [0.5, 0.6) is 5.75 Å². The van der Waals surface area contributed by atoms with Gasteiger partial charge in [0.25, 0.3) is 0 Å². The molecule has 1 aromatic rings. The summed E-state index contributed by atoms with van der Waals surface area (Å²) in [6.45, 7) is 2.24. The number of hydrogen-bond acceptors (Lipinski definition) is 1. The molecule has 4 heteroatoms. The van der Waals surface area contributed by atoms with E-state index in [1.165, 1.54) is 18.4 Å². The van der Waals surface area contributed by atoms with Gasteiger partial charge in [-0.05, 0) is 51.9 Å². The SMILES string of the molecule is CCCC(CBr)(CBr)Cc1ccc(OC)c(Br)c1. The van der Waals surface area contributed by atoms with E-state index in [0.29, 0.717) is 5.41 Å². The summed E-state index contributed by atoms with van der Waals surface area (Å²) in [6.07, 6.45) is 3.49. The highest BCUT2D eigenvalue weighted by atomic mass is 79.9. The lowest BCUT2D eigenvalue weighted by Gasteiger charge is -2.30. The van der Waals surface area contributed by atoms with Gasteiger partial charge in [0.2, 0.25) is 0 Å². The van der Waals surface area contributed by atoms with Crippen LogP contribution in [0.4, 0.5) is 0 Å². The van der Waals surface area contributed by atoms with Crippen LogP contribution in [0.15, 0.2) is 22.7 Å². The van der Waals surface area contributed by atoms with Crippen molar-refractivity contribution in [1.29, 1.82) is 0 Å². The van der Waals surface area contributed by atoms with Gasteiger partial charge in [0, 0.05) is 10.7 Å². The third-order valence-corrected chi connectivity index (χ3v) is 6.14. The average Bonchev–Trinajstić information content (AvgIpc) is 2.38. The molecule has 102 valence electrons. The van der Waals surface area contributed by atoms with Crippen molar-refractivity contribution in [3.8, 4) is 5.75 Å². The Balaban J connectivity index is 2.90. The maximum atomic E-state index is 5.26. The second kappa shape index (κ2) is 7.91. The van der Waals surface area contributed by atoms with Crippen LogP contribution in [0.25, 0.3) is 0 Å². The van der Waals surface area contributed by atoms with Crippen molar-refractivity contribution in [3.63, 3.8) is 0 Å². The zero-order chi connectivity index (χ0) is 13.6. The molecule has 1 rings (SSSR count). The molecule has 1 aromatic carbocycles. The Bertz CT molecular complexity index is 375. The first kappa shape index (κ1) is 16.5. The minimum absolute atomic E-state index is 0.294. The smallest absolute Gasteiger partial charge is 0.133 e. The number of rotatable bonds is 7. The van der Waals surface area contributed by atoms with Crippen LogP contribution in [-0.2, 0) is 6.42 Å². The molecule has 0 N–H and O–H groups in total. The van der Waals surface area contributed by atoms with E-state index in [9.17, 15) is 0 Å². The van der Waals surface area contributed by atoms with E-state index in [2.05, 4.69) is 66.8 Å². The number of ether oxygens (including phenoxy) is 1. The molecule has 18 heavy (non-hydrogen) atoms. The third-order valence-electron chi connectivity index (χ3n) is 3.14. The van der Waals surface area contributed by atoms with E-state index in [1.807, 2.05) is 6.07 Å². The van der Waals surface area contributed by atoms with Crippen molar-refractivity contribution >= 4 is 47.8 Å². The fourth-order valence-corrected chi connectivity index (χ4v) is 4.61. The maximum Gasteiger partial charge on any atom is 0.133 e. The molecule has 1 nitrogen and oxygen atoms in total. The van der Waals surface area contributed by atoms with Gasteiger partial charge >= 0.3 is 0 Å². The number of alkyl halides is 2. The zero-order valence-corrected chi connectivity index (χ0v) is 15.6. The average molecular weight is 443 g/mol. The number of methoxy groups -OCH3 is 1. The predicted octanol–water partition coefficient (Wildman–Crippen LogP) is 5.58. The van der Waals surface area contributed by atoms with E-state index in [0.717, 1.165) is 27.3 Å². The molecular formula is C14H19Br3O. The maximum absolute atomic E-state index is 5.26. The normalized spacial score (nSPS) is 11.6.